The SMILES string of the molecule is COc1cc(Cl)cc(C(=O)NCc2ccc(C(=N)N)cc2NCCO)c1. The zero-order valence-corrected chi connectivity index (χ0v) is 15.1. The van der Waals surface area contributed by atoms with Gasteiger partial charge in [-0.15, -0.1) is 0 Å². The molecular weight excluding hydrogens is 356 g/mol. The van der Waals surface area contributed by atoms with Crippen molar-refractivity contribution in [2.24, 2.45) is 5.73 Å². The number of anilines is 1. The summed E-state index contributed by atoms with van der Waals surface area (Å²) in [6, 6.07) is 9.97. The molecule has 0 saturated carbocycles. The Morgan fingerprint density at radius 2 is 2.04 bits per heavy atom. The van der Waals surface area contributed by atoms with E-state index in [4.69, 9.17) is 32.6 Å². The minimum atomic E-state index is -0.297. The maximum atomic E-state index is 12.4. The van der Waals surface area contributed by atoms with Crippen molar-refractivity contribution >= 4 is 29.0 Å². The number of carbonyl (C=O) groups excluding carboxylic acids is 1. The van der Waals surface area contributed by atoms with Gasteiger partial charge in [0.1, 0.15) is 11.6 Å². The Balaban J connectivity index is 2.16. The van der Waals surface area contributed by atoms with Crippen LogP contribution in [-0.2, 0) is 6.54 Å². The summed E-state index contributed by atoms with van der Waals surface area (Å²) in [5.74, 6) is 0.145. The smallest absolute Gasteiger partial charge is 0.251 e. The van der Waals surface area contributed by atoms with Gasteiger partial charge in [-0.1, -0.05) is 23.7 Å². The number of hydrogen-bond donors (Lipinski definition) is 5. The minimum Gasteiger partial charge on any atom is -0.497 e. The van der Waals surface area contributed by atoms with E-state index in [0.29, 0.717) is 34.1 Å². The van der Waals surface area contributed by atoms with Crippen LogP contribution in [0.25, 0.3) is 0 Å². The van der Waals surface area contributed by atoms with Crippen molar-refractivity contribution in [3.8, 4) is 5.75 Å². The molecule has 8 heteroatoms. The second kappa shape index (κ2) is 9.07. The van der Waals surface area contributed by atoms with Gasteiger partial charge in [0.05, 0.1) is 13.7 Å². The molecule has 0 aliphatic rings. The maximum Gasteiger partial charge on any atom is 0.251 e. The van der Waals surface area contributed by atoms with Crippen molar-refractivity contribution < 1.29 is 14.6 Å². The quantitative estimate of drug-likeness (QED) is 0.356. The number of amidine groups is 1. The van der Waals surface area contributed by atoms with E-state index in [1.54, 1.807) is 36.4 Å². The molecular formula is C18H21ClN4O3. The first-order valence-corrected chi connectivity index (χ1v) is 8.27. The van der Waals surface area contributed by atoms with Crippen LogP contribution in [0.3, 0.4) is 0 Å². The standard InChI is InChI=1S/C18H21ClN4O3/c1-26-15-7-13(6-14(19)9-15)18(25)23-10-12-3-2-11(17(20)21)8-16(12)22-4-5-24/h2-3,6-9,22,24H,4-5,10H2,1H3,(H3,20,21)(H,23,25). The number of aliphatic hydroxyl groups is 1. The largest absolute Gasteiger partial charge is 0.497 e. The number of hydrogen-bond acceptors (Lipinski definition) is 5. The van der Waals surface area contributed by atoms with Gasteiger partial charge >= 0.3 is 0 Å². The number of nitrogens with one attached hydrogen (secondary N) is 3. The molecule has 0 aliphatic carbocycles. The number of amides is 1. The highest BCUT2D eigenvalue weighted by Gasteiger charge is 2.11. The van der Waals surface area contributed by atoms with Crippen LogP contribution in [0.2, 0.25) is 5.02 Å². The first-order chi connectivity index (χ1) is 12.4. The molecule has 0 atom stereocenters. The molecule has 0 unspecified atom stereocenters. The third-order valence-corrected chi connectivity index (χ3v) is 3.87. The molecule has 1 amide bonds. The summed E-state index contributed by atoms with van der Waals surface area (Å²) >= 11 is 5.99. The normalized spacial score (nSPS) is 10.3. The Morgan fingerprint density at radius 3 is 2.69 bits per heavy atom. The summed E-state index contributed by atoms with van der Waals surface area (Å²) < 4.78 is 5.12. The molecule has 2 rings (SSSR count). The van der Waals surface area contributed by atoms with Crippen LogP contribution in [0.4, 0.5) is 5.69 Å². The summed E-state index contributed by atoms with van der Waals surface area (Å²) in [6.45, 7) is 0.547. The van der Waals surface area contributed by atoms with Crippen molar-refractivity contribution in [2.45, 2.75) is 6.54 Å². The fourth-order valence-corrected chi connectivity index (χ4v) is 2.57. The number of carbonyl (C=O) groups is 1. The minimum absolute atomic E-state index is 0.0432. The molecule has 6 N–H and O–H groups in total. The van der Waals surface area contributed by atoms with Crippen molar-refractivity contribution in [3.63, 3.8) is 0 Å². The Bertz CT molecular complexity index is 811. The number of ether oxygens (including phenoxy) is 1. The highest BCUT2D eigenvalue weighted by Crippen LogP contribution is 2.21. The van der Waals surface area contributed by atoms with Crippen LogP contribution in [0, 0.1) is 5.41 Å². The summed E-state index contributed by atoms with van der Waals surface area (Å²) in [4.78, 5) is 12.4. The lowest BCUT2D eigenvalue weighted by molar-refractivity contribution is 0.0950. The molecule has 0 saturated heterocycles. The van der Waals surface area contributed by atoms with E-state index in [9.17, 15) is 4.79 Å². The maximum absolute atomic E-state index is 12.4. The molecule has 0 fully saturated rings. The van der Waals surface area contributed by atoms with Crippen LogP contribution in [0.15, 0.2) is 36.4 Å². The van der Waals surface area contributed by atoms with E-state index in [1.165, 1.54) is 7.11 Å². The third-order valence-electron chi connectivity index (χ3n) is 3.66. The van der Waals surface area contributed by atoms with Crippen molar-refractivity contribution in [2.75, 3.05) is 25.6 Å². The number of benzene rings is 2. The lowest BCUT2D eigenvalue weighted by Crippen LogP contribution is -2.24. The number of halogens is 1. The zero-order valence-electron chi connectivity index (χ0n) is 14.3. The molecule has 2 aromatic carbocycles. The average Bonchev–Trinajstić information content (AvgIpc) is 2.63. The molecule has 0 bridgehead atoms. The molecule has 0 radical (unpaired) electrons. The van der Waals surface area contributed by atoms with Gasteiger partial charge in [0.15, 0.2) is 0 Å². The second-order valence-corrected chi connectivity index (χ2v) is 5.93. The Kier molecular flexibility index (Phi) is 6.82. The number of rotatable bonds is 8. The Hall–Kier alpha value is -2.77. The van der Waals surface area contributed by atoms with E-state index >= 15 is 0 Å². The van der Waals surface area contributed by atoms with Gasteiger partial charge in [-0.25, -0.2) is 0 Å². The van der Waals surface area contributed by atoms with Gasteiger partial charge in [0.2, 0.25) is 0 Å². The van der Waals surface area contributed by atoms with Crippen LogP contribution in [-0.4, -0.2) is 37.1 Å². The molecule has 138 valence electrons. The lowest BCUT2D eigenvalue weighted by atomic mass is 10.1. The van der Waals surface area contributed by atoms with Crippen LogP contribution >= 0.6 is 11.6 Å². The molecule has 26 heavy (non-hydrogen) atoms. The number of nitrogen functional groups attached to an aromatic ring is 1. The third kappa shape index (κ3) is 5.11. The first-order valence-electron chi connectivity index (χ1n) is 7.89. The van der Waals surface area contributed by atoms with Gasteiger partial charge in [-0.05, 0) is 29.8 Å². The fraction of sp³-hybridized carbons (Fsp3) is 0.222. The predicted octanol–water partition coefficient (Wildman–Crippen LogP) is 1.97. The van der Waals surface area contributed by atoms with E-state index in [0.717, 1.165) is 5.56 Å². The number of methoxy groups -OCH3 is 1. The van der Waals surface area contributed by atoms with Gasteiger partial charge in [0, 0.05) is 34.9 Å². The van der Waals surface area contributed by atoms with Gasteiger partial charge in [-0.2, -0.15) is 0 Å². The summed E-state index contributed by atoms with van der Waals surface area (Å²) in [6.07, 6.45) is 0. The van der Waals surface area contributed by atoms with Crippen molar-refractivity contribution in [3.05, 3.63) is 58.1 Å². The topological polar surface area (TPSA) is 120 Å². The van der Waals surface area contributed by atoms with Crippen LogP contribution in [0.5, 0.6) is 5.75 Å². The second-order valence-electron chi connectivity index (χ2n) is 5.50. The fourth-order valence-electron chi connectivity index (χ4n) is 2.34. The monoisotopic (exact) mass is 376 g/mol. The Morgan fingerprint density at radius 1 is 1.27 bits per heavy atom. The van der Waals surface area contributed by atoms with Crippen LogP contribution in [0.1, 0.15) is 21.5 Å². The van der Waals surface area contributed by atoms with Crippen molar-refractivity contribution in [1.82, 2.24) is 5.32 Å². The molecule has 7 nitrogen and oxygen atoms in total. The van der Waals surface area contributed by atoms with Gasteiger partial charge in [-0.3, -0.25) is 10.2 Å². The van der Waals surface area contributed by atoms with Gasteiger partial charge in [0.25, 0.3) is 5.91 Å². The number of aliphatic hydroxyl groups excluding tert-OH is 1. The molecule has 0 heterocycles. The highest BCUT2D eigenvalue weighted by atomic mass is 35.5. The predicted molar refractivity (Wildman–Crippen MR) is 102 cm³/mol. The molecule has 2 aromatic rings. The van der Waals surface area contributed by atoms with E-state index in [2.05, 4.69) is 10.6 Å². The highest BCUT2D eigenvalue weighted by molar-refractivity contribution is 6.31. The summed E-state index contributed by atoms with van der Waals surface area (Å²) in [5.41, 5.74) is 7.94. The van der Waals surface area contributed by atoms with E-state index in [1.807, 2.05) is 0 Å². The van der Waals surface area contributed by atoms with Gasteiger partial charge < -0.3 is 26.2 Å². The first kappa shape index (κ1) is 19.6. The molecule has 0 aliphatic heterocycles. The number of nitrogens with two attached hydrogens (primary N) is 1. The zero-order chi connectivity index (χ0) is 19.1. The molecule has 0 aromatic heterocycles. The van der Waals surface area contributed by atoms with Crippen LogP contribution < -0.4 is 21.1 Å². The lowest BCUT2D eigenvalue weighted by Gasteiger charge is -2.14. The van der Waals surface area contributed by atoms with Crippen molar-refractivity contribution in [1.29, 1.82) is 5.41 Å². The van der Waals surface area contributed by atoms with E-state index < -0.39 is 0 Å². The summed E-state index contributed by atoms with van der Waals surface area (Å²) in [5, 5.41) is 22.8. The molecule has 0 spiro atoms. The average molecular weight is 377 g/mol. The van der Waals surface area contributed by atoms with E-state index in [-0.39, 0.29) is 24.9 Å². The Labute approximate surface area is 156 Å². The summed E-state index contributed by atoms with van der Waals surface area (Å²) in [7, 11) is 1.50.